The standard InChI is InChI=1S/C22H23ClN2O4/c23-18-12-16(13-19-20(18)29-11-5-10-28-19)22(27)25-9-4-6-15(14-25)21(26)24-17-7-2-1-3-8-17/h1-3,7-8,12-13,15H,4-6,9-11,14H2,(H,24,26). The summed E-state index contributed by atoms with van der Waals surface area (Å²) in [6, 6.07) is 12.7. The number of hydrogen-bond donors (Lipinski definition) is 1. The number of halogens is 1. The first-order chi connectivity index (χ1) is 14.1. The van der Waals surface area contributed by atoms with Gasteiger partial charge >= 0.3 is 0 Å². The molecule has 29 heavy (non-hydrogen) atoms. The maximum atomic E-state index is 13.1. The number of likely N-dealkylation sites (tertiary alicyclic amines) is 1. The number of ether oxygens (including phenoxy) is 2. The zero-order valence-corrected chi connectivity index (χ0v) is 16.8. The van der Waals surface area contributed by atoms with Gasteiger partial charge in [-0.1, -0.05) is 29.8 Å². The number of rotatable bonds is 3. The van der Waals surface area contributed by atoms with Gasteiger partial charge in [0.1, 0.15) is 0 Å². The largest absolute Gasteiger partial charge is 0.489 e. The molecule has 1 unspecified atom stereocenters. The summed E-state index contributed by atoms with van der Waals surface area (Å²) in [5.41, 5.74) is 1.21. The number of anilines is 1. The fourth-order valence-electron chi connectivity index (χ4n) is 3.68. The summed E-state index contributed by atoms with van der Waals surface area (Å²) in [5, 5.41) is 3.30. The summed E-state index contributed by atoms with van der Waals surface area (Å²) < 4.78 is 11.3. The fraction of sp³-hybridized carbons (Fsp3) is 0.364. The molecule has 2 heterocycles. The lowest BCUT2D eigenvalue weighted by Crippen LogP contribution is -2.43. The van der Waals surface area contributed by atoms with Gasteiger partial charge < -0.3 is 19.7 Å². The molecule has 0 aromatic heterocycles. The molecule has 0 bridgehead atoms. The molecule has 152 valence electrons. The summed E-state index contributed by atoms with van der Waals surface area (Å²) >= 11 is 6.33. The number of nitrogens with zero attached hydrogens (tertiary/aromatic N) is 1. The molecule has 2 aliphatic rings. The molecule has 1 atom stereocenters. The first-order valence-electron chi connectivity index (χ1n) is 9.86. The van der Waals surface area contributed by atoms with Crippen molar-refractivity contribution in [1.82, 2.24) is 4.90 Å². The second-order valence-corrected chi connectivity index (χ2v) is 7.69. The molecule has 0 saturated carbocycles. The number of fused-ring (bicyclic) bond motifs is 1. The minimum atomic E-state index is -0.246. The Morgan fingerprint density at radius 3 is 2.69 bits per heavy atom. The van der Waals surface area contributed by atoms with Crippen LogP contribution in [0.1, 0.15) is 29.6 Å². The molecule has 7 heteroatoms. The number of carbonyl (C=O) groups excluding carboxylic acids is 2. The lowest BCUT2D eigenvalue weighted by atomic mass is 9.96. The highest BCUT2D eigenvalue weighted by atomic mass is 35.5. The van der Waals surface area contributed by atoms with Crippen molar-refractivity contribution < 1.29 is 19.1 Å². The van der Waals surface area contributed by atoms with Gasteiger partial charge in [-0.2, -0.15) is 0 Å². The third-order valence-electron chi connectivity index (χ3n) is 5.17. The van der Waals surface area contributed by atoms with Crippen molar-refractivity contribution in [3.63, 3.8) is 0 Å². The van der Waals surface area contributed by atoms with E-state index < -0.39 is 0 Å². The minimum absolute atomic E-state index is 0.0644. The van der Waals surface area contributed by atoms with Crippen LogP contribution in [0.25, 0.3) is 0 Å². The van der Waals surface area contributed by atoms with E-state index in [0.29, 0.717) is 48.4 Å². The summed E-state index contributed by atoms with van der Waals surface area (Å²) in [4.78, 5) is 27.5. The molecule has 1 fully saturated rings. The number of carbonyl (C=O) groups is 2. The van der Waals surface area contributed by atoms with Crippen LogP contribution in [0.15, 0.2) is 42.5 Å². The van der Waals surface area contributed by atoms with Gasteiger partial charge in [0, 0.05) is 30.8 Å². The number of benzene rings is 2. The maximum Gasteiger partial charge on any atom is 0.254 e. The third kappa shape index (κ3) is 4.48. The van der Waals surface area contributed by atoms with Crippen LogP contribution >= 0.6 is 11.6 Å². The van der Waals surface area contributed by atoms with E-state index in [1.807, 2.05) is 30.3 Å². The summed E-state index contributed by atoms with van der Waals surface area (Å²) in [5.74, 6) is 0.516. The van der Waals surface area contributed by atoms with Crippen LogP contribution in [0.5, 0.6) is 11.5 Å². The second kappa shape index (κ2) is 8.74. The van der Waals surface area contributed by atoms with Gasteiger partial charge in [0.2, 0.25) is 5.91 Å². The van der Waals surface area contributed by atoms with E-state index in [0.717, 1.165) is 24.9 Å². The summed E-state index contributed by atoms with van der Waals surface area (Å²) in [6.07, 6.45) is 2.29. The number of hydrogen-bond acceptors (Lipinski definition) is 4. The Hall–Kier alpha value is -2.73. The molecular weight excluding hydrogens is 392 g/mol. The van der Waals surface area contributed by atoms with Crippen LogP contribution in [0.2, 0.25) is 5.02 Å². The monoisotopic (exact) mass is 414 g/mol. The highest BCUT2D eigenvalue weighted by Gasteiger charge is 2.30. The molecular formula is C22H23ClN2O4. The smallest absolute Gasteiger partial charge is 0.254 e. The average Bonchev–Trinajstić information content (AvgIpc) is 3.00. The Morgan fingerprint density at radius 2 is 1.86 bits per heavy atom. The molecule has 2 aromatic rings. The van der Waals surface area contributed by atoms with Crippen molar-refractivity contribution in [3.05, 3.63) is 53.1 Å². The first kappa shape index (κ1) is 19.6. The Balaban J connectivity index is 1.47. The molecule has 1 N–H and O–H groups in total. The Bertz CT molecular complexity index is 903. The van der Waals surface area contributed by atoms with E-state index in [4.69, 9.17) is 21.1 Å². The SMILES string of the molecule is O=C(Nc1ccccc1)C1CCCN(C(=O)c2cc(Cl)c3c(c2)OCCCO3)C1. The van der Waals surface area contributed by atoms with Crippen LogP contribution in [0, 0.1) is 5.92 Å². The topological polar surface area (TPSA) is 67.9 Å². The van der Waals surface area contributed by atoms with Gasteiger partial charge in [-0.15, -0.1) is 0 Å². The van der Waals surface area contributed by atoms with Crippen molar-refractivity contribution in [2.75, 3.05) is 31.6 Å². The zero-order valence-electron chi connectivity index (χ0n) is 16.0. The normalized spacial score (nSPS) is 18.7. The highest BCUT2D eigenvalue weighted by Crippen LogP contribution is 2.38. The molecule has 4 rings (SSSR count). The Labute approximate surface area is 174 Å². The number of piperidine rings is 1. The van der Waals surface area contributed by atoms with E-state index >= 15 is 0 Å². The van der Waals surface area contributed by atoms with Crippen molar-refractivity contribution in [1.29, 1.82) is 0 Å². The predicted octanol–water partition coefficient (Wildman–Crippen LogP) is 3.99. The van der Waals surface area contributed by atoms with Crippen LogP contribution < -0.4 is 14.8 Å². The van der Waals surface area contributed by atoms with Crippen LogP contribution in [-0.2, 0) is 4.79 Å². The van der Waals surface area contributed by atoms with E-state index in [2.05, 4.69) is 5.32 Å². The molecule has 0 radical (unpaired) electrons. The maximum absolute atomic E-state index is 13.1. The van der Waals surface area contributed by atoms with E-state index in [-0.39, 0.29) is 17.7 Å². The minimum Gasteiger partial charge on any atom is -0.489 e. The summed E-state index contributed by atoms with van der Waals surface area (Å²) in [6.45, 7) is 2.04. The van der Waals surface area contributed by atoms with Crippen molar-refractivity contribution >= 4 is 29.1 Å². The zero-order chi connectivity index (χ0) is 20.2. The van der Waals surface area contributed by atoms with E-state index in [1.54, 1.807) is 17.0 Å². The van der Waals surface area contributed by atoms with Gasteiger partial charge in [0.25, 0.3) is 5.91 Å². The number of nitrogens with one attached hydrogen (secondary N) is 1. The first-order valence-corrected chi connectivity index (χ1v) is 10.2. The van der Waals surface area contributed by atoms with Crippen LogP contribution in [-0.4, -0.2) is 43.0 Å². The third-order valence-corrected chi connectivity index (χ3v) is 5.45. The Morgan fingerprint density at radius 1 is 1.07 bits per heavy atom. The lowest BCUT2D eigenvalue weighted by Gasteiger charge is -2.32. The lowest BCUT2D eigenvalue weighted by molar-refractivity contribution is -0.121. The van der Waals surface area contributed by atoms with Gasteiger partial charge in [-0.05, 0) is 37.1 Å². The molecule has 2 aliphatic heterocycles. The fourth-order valence-corrected chi connectivity index (χ4v) is 3.94. The molecule has 2 aromatic carbocycles. The van der Waals surface area contributed by atoms with E-state index in [1.165, 1.54) is 0 Å². The summed E-state index contributed by atoms with van der Waals surface area (Å²) in [7, 11) is 0. The van der Waals surface area contributed by atoms with Crippen molar-refractivity contribution in [2.24, 2.45) is 5.92 Å². The highest BCUT2D eigenvalue weighted by molar-refractivity contribution is 6.32. The van der Waals surface area contributed by atoms with E-state index in [9.17, 15) is 9.59 Å². The molecule has 6 nitrogen and oxygen atoms in total. The van der Waals surface area contributed by atoms with Crippen LogP contribution in [0.4, 0.5) is 5.69 Å². The van der Waals surface area contributed by atoms with Crippen molar-refractivity contribution in [3.8, 4) is 11.5 Å². The van der Waals surface area contributed by atoms with Gasteiger partial charge in [-0.3, -0.25) is 9.59 Å². The Kier molecular flexibility index (Phi) is 5.90. The predicted molar refractivity (Wildman–Crippen MR) is 111 cm³/mol. The quantitative estimate of drug-likeness (QED) is 0.824. The molecule has 0 spiro atoms. The second-order valence-electron chi connectivity index (χ2n) is 7.28. The average molecular weight is 415 g/mol. The molecule has 0 aliphatic carbocycles. The number of para-hydroxylation sites is 1. The van der Waals surface area contributed by atoms with Gasteiger partial charge in [-0.25, -0.2) is 0 Å². The van der Waals surface area contributed by atoms with Gasteiger partial charge in [0.15, 0.2) is 11.5 Å². The molecule has 1 saturated heterocycles. The van der Waals surface area contributed by atoms with Crippen LogP contribution in [0.3, 0.4) is 0 Å². The van der Waals surface area contributed by atoms with Gasteiger partial charge in [0.05, 0.1) is 24.2 Å². The number of amides is 2. The molecule has 2 amide bonds. The van der Waals surface area contributed by atoms with Crippen molar-refractivity contribution in [2.45, 2.75) is 19.3 Å².